The Hall–Kier alpha value is -1.55. The summed E-state index contributed by atoms with van der Waals surface area (Å²) in [6.07, 6.45) is 0. The van der Waals surface area contributed by atoms with Crippen LogP contribution in [0, 0.1) is 13.8 Å². The molecule has 1 atom stereocenters. The van der Waals surface area contributed by atoms with Crippen LogP contribution in [0.3, 0.4) is 0 Å². The Morgan fingerprint density at radius 1 is 1.41 bits per heavy atom. The highest BCUT2D eigenvalue weighted by atomic mass is 16.3. The van der Waals surface area contributed by atoms with Gasteiger partial charge in [0, 0.05) is 18.8 Å². The van der Waals surface area contributed by atoms with E-state index in [4.69, 9.17) is 0 Å². The van der Waals surface area contributed by atoms with Gasteiger partial charge in [-0.1, -0.05) is 18.2 Å². The van der Waals surface area contributed by atoms with Crippen molar-refractivity contribution in [2.24, 2.45) is 0 Å². The molecule has 0 spiro atoms. The molecule has 0 saturated carbocycles. The highest BCUT2D eigenvalue weighted by molar-refractivity contribution is 5.87. The average molecular weight is 234 g/mol. The number of benzene rings is 1. The molecule has 1 saturated heterocycles. The number of carbonyl (C=O) groups is 1. The van der Waals surface area contributed by atoms with Gasteiger partial charge in [-0.15, -0.1) is 0 Å². The number of para-hydroxylation sites is 1. The number of aryl methyl sites for hydroxylation is 2. The molecule has 1 amide bonds. The van der Waals surface area contributed by atoms with Crippen LogP contribution in [0.4, 0.5) is 5.69 Å². The first-order chi connectivity index (χ1) is 8.15. The molecule has 2 N–H and O–H groups in total. The number of hydrogen-bond donors (Lipinski definition) is 2. The number of rotatable bonds is 2. The normalized spacial score (nSPS) is 20.3. The summed E-state index contributed by atoms with van der Waals surface area (Å²) in [5.41, 5.74) is 3.35. The van der Waals surface area contributed by atoms with Crippen molar-refractivity contribution >= 4 is 11.6 Å². The van der Waals surface area contributed by atoms with Crippen molar-refractivity contribution in [1.29, 1.82) is 0 Å². The Kier molecular flexibility index (Phi) is 3.33. The lowest BCUT2D eigenvalue weighted by atomic mass is 10.0. The molecule has 4 heteroatoms. The minimum absolute atomic E-state index is 0.0959. The van der Waals surface area contributed by atoms with E-state index >= 15 is 0 Å². The van der Waals surface area contributed by atoms with E-state index in [1.165, 1.54) is 0 Å². The second kappa shape index (κ2) is 4.75. The third-order valence-corrected chi connectivity index (χ3v) is 3.23. The van der Waals surface area contributed by atoms with E-state index in [1.807, 2.05) is 36.9 Å². The SMILES string of the molecule is Cc1cccc(C)c1N1CCNC(=O)C1CO. The Morgan fingerprint density at radius 2 is 2.06 bits per heavy atom. The number of anilines is 1. The fourth-order valence-corrected chi connectivity index (χ4v) is 2.42. The molecule has 17 heavy (non-hydrogen) atoms. The number of carbonyl (C=O) groups excluding carboxylic acids is 1. The highest BCUT2D eigenvalue weighted by Crippen LogP contribution is 2.27. The van der Waals surface area contributed by atoms with Crippen LogP contribution < -0.4 is 10.2 Å². The Morgan fingerprint density at radius 3 is 2.65 bits per heavy atom. The van der Waals surface area contributed by atoms with Crippen molar-refractivity contribution in [2.45, 2.75) is 19.9 Å². The second-order valence-electron chi connectivity index (χ2n) is 4.42. The molecular formula is C13H18N2O2. The van der Waals surface area contributed by atoms with Crippen LogP contribution in [0.15, 0.2) is 18.2 Å². The monoisotopic (exact) mass is 234 g/mol. The minimum atomic E-state index is -0.469. The molecule has 2 rings (SSSR count). The first kappa shape index (κ1) is 11.9. The zero-order valence-corrected chi connectivity index (χ0v) is 10.2. The van der Waals surface area contributed by atoms with Crippen molar-refractivity contribution in [2.75, 3.05) is 24.6 Å². The summed E-state index contributed by atoms with van der Waals surface area (Å²) in [4.78, 5) is 13.7. The van der Waals surface area contributed by atoms with Crippen molar-refractivity contribution in [3.05, 3.63) is 29.3 Å². The molecule has 1 aromatic rings. The van der Waals surface area contributed by atoms with Crippen molar-refractivity contribution in [3.8, 4) is 0 Å². The quantitative estimate of drug-likeness (QED) is 0.788. The van der Waals surface area contributed by atoms with E-state index in [1.54, 1.807) is 0 Å². The number of nitrogens with zero attached hydrogens (tertiary/aromatic N) is 1. The predicted molar refractivity (Wildman–Crippen MR) is 67.1 cm³/mol. The van der Waals surface area contributed by atoms with Gasteiger partial charge in [-0.05, 0) is 25.0 Å². The molecule has 0 aromatic heterocycles. The number of piperazine rings is 1. The average Bonchev–Trinajstić information content (AvgIpc) is 2.29. The first-order valence-electron chi connectivity index (χ1n) is 5.86. The maximum Gasteiger partial charge on any atom is 0.245 e. The fraction of sp³-hybridized carbons (Fsp3) is 0.462. The molecule has 1 unspecified atom stereocenters. The molecule has 0 aliphatic carbocycles. The van der Waals surface area contributed by atoms with E-state index in [-0.39, 0.29) is 12.5 Å². The first-order valence-corrected chi connectivity index (χ1v) is 5.86. The molecule has 1 aliphatic heterocycles. The molecule has 4 nitrogen and oxygen atoms in total. The van der Waals surface area contributed by atoms with Gasteiger partial charge in [0.15, 0.2) is 0 Å². The van der Waals surface area contributed by atoms with Gasteiger partial charge in [0.25, 0.3) is 0 Å². The summed E-state index contributed by atoms with van der Waals surface area (Å²) in [6, 6.07) is 5.60. The number of amides is 1. The smallest absolute Gasteiger partial charge is 0.245 e. The summed E-state index contributed by atoms with van der Waals surface area (Å²) < 4.78 is 0. The van der Waals surface area contributed by atoms with Gasteiger partial charge in [-0.3, -0.25) is 4.79 Å². The summed E-state index contributed by atoms with van der Waals surface area (Å²) in [6.45, 7) is 5.28. The van der Waals surface area contributed by atoms with Gasteiger partial charge in [-0.25, -0.2) is 0 Å². The van der Waals surface area contributed by atoms with Crippen LogP contribution in [-0.4, -0.2) is 36.8 Å². The molecular weight excluding hydrogens is 216 g/mol. The van der Waals surface area contributed by atoms with E-state index in [0.29, 0.717) is 6.54 Å². The van der Waals surface area contributed by atoms with Crippen molar-refractivity contribution < 1.29 is 9.90 Å². The van der Waals surface area contributed by atoms with Gasteiger partial charge in [-0.2, -0.15) is 0 Å². The lowest BCUT2D eigenvalue weighted by molar-refractivity contribution is -0.124. The largest absolute Gasteiger partial charge is 0.394 e. The Balaban J connectivity index is 2.40. The number of aliphatic hydroxyl groups is 1. The molecule has 1 fully saturated rings. The predicted octanol–water partition coefficient (Wildman–Crippen LogP) is 0.601. The zero-order valence-electron chi connectivity index (χ0n) is 10.2. The molecule has 92 valence electrons. The van der Waals surface area contributed by atoms with Crippen LogP contribution in [0.5, 0.6) is 0 Å². The van der Waals surface area contributed by atoms with Crippen LogP contribution in [-0.2, 0) is 4.79 Å². The maximum atomic E-state index is 11.7. The fourth-order valence-electron chi connectivity index (χ4n) is 2.42. The van der Waals surface area contributed by atoms with Gasteiger partial charge >= 0.3 is 0 Å². The third-order valence-electron chi connectivity index (χ3n) is 3.23. The molecule has 1 aliphatic rings. The lowest BCUT2D eigenvalue weighted by Gasteiger charge is -2.37. The van der Waals surface area contributed by atoms with E-state index < -0.39 is 6.04 Å². The number of aliphatic hydroxyl groups excluding tert-OH is 1. The summed E-state index contributed by atoms with van der Waals surface area (Å²) in [7, 11) is 0. The standard InChI is InChI=1S/C13H18N2O2/c1-9-4-3-5-10(2)12(9)15-7-6-14-13(17)11(15)8-16/h3-5,11,16H,6-8H2,1-2H3,(H,14,17). The van der Waals surface area contributed by atoms with E-state index in [0.717, 1.165) is 23.4 Å². The minimum Gasteiger partial charge on any atom is -0.394 e. The Bertz CT molecular complexity index is 411. The number of nitrogens with one attached hydrogen (secondary N) is 1. The summed E-state index contributed by atoms with van der Waals surface area (Å²) >= 11 is 0. The second-order valence-corrected chi connectivity index (χ2v) is 4.42. The topological polar surface area (TPSA) is 52.6 Å². The van der Waals surface area contributed by atoms with Crippen LogP contribution in [0.25, 0.3) is 0 Å². The zero-order chi connectivity index (χ0) is 12.4. The molecule has 0 radical (unpaired) electrons. The Labute approximate surface area is 101 Å². The highest BCUT2D eigenvalue weighted by Gasteiger charge is 2.30. The van der Waals surface area contributed by atoms with Gasteiger partial charge in [0.2, 0.25) is 5.91 Å². The third kappa shape index (κ3) is 2.13. The van der Waals surface area contributed by atoms with E-state index in [2.05, 4.69) is 5.32 Å². The van der Waals surface area contributed by atoms with Gasteiger partial charge < -0.3 is 15.3 Å². The lowest BCUT2D eigenvalue weighted by Crippen LogP contribution is -2.57. The van der Waals surface area contributed by atoms with E-state index in [9.17, 15) is 9.90 Å². The van der Waals surface area contributed by atoms with Crippen LogP contribution in [0.1, 0.15) is 11.1 Å². The van der Waals surface area contributed by atoms with Crippen LogP contribution in [0.2, 0.25) is 0 Å². The summed E-state index contributed by atoms with van der Waals surface area (Å²) in [5, 5.41) is 12.2. The van der Waals surface area contributed by atoms with Gasteiger partial charge in [0.1, 0.15) is 6.04 Å². The molecule has 1 aromatic carbocycles. The van der Waals surface area contributed by atoms with Crippen molar-refractivity contribution in [1.82, 2.24) is 5.32 Å². The molecule has 1 heterocycles. The number of hydrogen-bond acceptors (Lipinski definition) is 3. The maximum absolute atomic E-state index is 11.7. The molecule has 0 bridgehead atoms. The van der Waals surface area contributed by atoms with Crippen molar-refractivity contribution in [3.63, 3.8) is 0 Å². The van der Waals surface area contributed by atoms with Gasteiger partial charge in [0.05, 0.1) is 6.61 Å². The summed E-state index contributed by atoms with van der Waals surface area (Å²) in [5.74, 6) is -0.0959. The van der Waals surface area contributed by atoms with Crippen LogP contribution >= 0.6 is 0 Å².